The van der Waals surface area contributed by atoms with Crippen LogP contribution in [0.1, 0.15) is 15.9 Å². The lowest BCUT2D eigenvalue weighted by Gasteiger charge is -2.36. The number of hydrogen-bond acceptors (Lipinski definition) is 7. The number of methoxy groups -OCH3 is 2. The Bertz CT molecular complexity index is 1260. The van der Waals surface area contributed by atoms with Crippen LogP contribution in [0, 0.1) is 0 Å². The minimum Gasteiger partial charge on any atom is -0.493 e. The van der Waals surface area contributed by atoms with Crippen molar-refractivity contribution in [2.45, 2.75) is 6.42 Å². The molecule has 0 saturated carbocycles. The number of ether oxygens (including phenoxy) is 3. The van der Waals surface area contributed by atoms with Crippen LogP contribution < -0.4 is 24.4 Å². The van der Waals surface area contributed by atoms with E-state index in [1.165, 1.54) is 0 Å². The van der Waals surface area contributed by atoms with Gasteiger partial charge in [-0.3, -0.25) is 9.59 Å². The van der Waals surface area contributed by atoms with Crippen molar-refractivity contribution in [1.82, 2.24) is 15.2 Å². The molecule has 200 valence electrons. The summed E-state index contributed by atoms with van der Waals surface area (Å²) in [6.45, 7) is 2.54. The van der Waals surface area contributed by atoms with E-state index in [1.807, 2.05) is 23.1 Å². The summed E-state index contributed by atoms with van der Waals surface area (Å²) in [4.78, 5) is 33.9. The number of benzene rings is 2. The van der Waals surface area contributed by atoms with Gasteiger partial charge in [-0.1, -0.05) is 23.7 Å². The monoisotopic (exact) mass is 538 g/mol. The molecule has 1 fully saturated rings. The van der Waals surface area contributed by atoms with E-state index < -0.39 is 0 Å². The Balaban J connectivity index is 1.29. The van der Waals surface area contributed by atoms with Crippen molar-refractivity contribution in [3.05, 3.63) is 76.9 Å². The number of carbonyl (C=O) groups is 2. The van der Waals surface area contributed by atoms with E-state index in [0.29, 0.717) is 72.8 Å². The zero-order chi connectivity index (χ0) is 26.9. The maximum absolute atomic E-state index is 13.0. The van der Waals surface area contributed by atoms with Gasteiger partial charge in [-0.2, -0.15) is 0 Å². The number of carbonyl (C=O) groups excluding carboxylic acids is 2. The van der Waals surface area contributed by atoms with Gasteiger partial charge in [0, 0.05) is 43.9 Å². The molecule has 0 atom stereocenters. The van der Waals surface area contributed by atoms with E-state index in [9.17, 15) is 9.59 Å². The third-order valence-electron chi connectivity index (χ3n) is 6.27. The highest BCUT2D eigenvalue weighted by molar-refractivity contribution is 6.30. The van der Waals surface area contributed by atoms with Gasteiger partial charge < -0.3 is 29.3 Å². The van der Waals surface area contributed by atoms with Crippen molar-refractivity contribution in [3.63, 3.8) is 0 Å². The lowest BCUT2D eigenvalue weighted by atomic mass is 10.1. The second kappa shape index (κ2) is 13.0. The summed E-state index contributed by atoms with van der Waals surface area (Å²) in [5.41, 5.74) is 1.53. The van der Waals surface area contributed by atoms with Gasteiger partial charge in [-0.15, -0.1) is 0 Å². The molecule has 3 aromatic rings. The molecule has 0 unspecified atom stereocenters. The molecule has 0 bridgehead atoms. The van der Waals surface area contributed by atoms with E-state index in [2.05, 4.69) is 10.3 Å². The molecule has 0 spiro atoms. The predicted molar refractivity (Wildman–Crippen MR) is 146 cm³/mol. The first-order valence-electron chi connectivity index (χ1n) is 12.3. The molecule has 1 aliphatic heterocycles. The highest BCUT2D eigenvalue weighted by Crippen LogP contribution is 2.27. The first kappa shape index (κ1) is 27.1. The van der Waals surface area contributed by atoms with Crippen LogP contribution in [0.3, 0.4) is 0 Å². The Morgan fingerprint density at radius 2 is 1.76 bits per heavy atom. The summed E-state index contributed by atoms with van der Waals surface area (Å²) >= 11 is 5.97. The van der Waals surface area contributed by atoms with Crippen molar-refractivity contribution in [1.29, 1.82) is 0 Å². The van der Waals surface area contributed by atoms with E-state index in [4.69, 9.17) is 25.8 Å². The van der Waals surface area contributed by atoms with E-state index in [-0.39, 0.29) is 18.4 Å². The van der Waals surface area contributed by atoms with Crippen LogP contribution in [0.5, 0.6) is 17.2 Å². The van der Waals surface area contributed by atoms with E-state index in [1.54, 1.807) is 61.7 Å². The van der Waals surface area contributed by atoms with Crippen LogP contribution in [-0.4, -0.2) is 75.2 Å². The molecule has 1 N–H and O–H groups in total. The zero-order valence-corrected chi connectivity index (χ0v) is 22.2. The average molecular weight is 539 g/mol. The fourth-order valence-electron chi connectivity index (χ4n) is 4.24. The molecule has 1 saturated heterocycles. The normalized spacial score (nSPS) is 13.1. The van der Waals surface area contributed by atoms with Crippen LogP contribution in [-0.2, 0) is 11.2 Å². The molecular weight excluding hydrogens is 508 g/mol. The maximum Gasteiger partial charge on any atom is 0.260 e. The third-order valence-corrected chi connectivity index (χ3v) is 6.50. The van der Waals surface area contributed by atoms with Crippen molar-refractivity contribution < 1.29 is 23.8 Å². The summed E-state index contributed by atoms with van der Waals surface area (Å²) in [6, 6.07) is 16.2. The van der Waals surface area contributed by atoms with Gasteiger partial charge in [0.05, 0.1) is 19.8 Å². The van der Waals surface area contributed by atoms with Gasteiger partial charge in [-0.25, -0.2) is 4.98 Å². The topological polar surface area (TPSA) is 93.2 Å². The fourth-order valence-corrected chi connectivity index (χ4v) is 4.42. The summed E-state index contributed by atoms with van der Waals surface area (Å²) in [7, 11) is 3.19. The lowest BCUT2D eigenvalue weighted by molar-refractivity contribution is -0.133. The number of pyridine rings is 1. The number of rotatable bonds is 10. The zero-order valence-electron chi connectivity index (χ0n) is 21.5. The molecule has 0 radical (unpaired) electrons. The first-order valence-corrected chi connectivity index (χ1v) is 12.7. The minimum atomic E-state index is -0.193. The maximum atomic E-state index is 13.0. The van der Waals surface area contributed by atoms with Gasteiger partial charge >= 0.3 is 0 Å². The van der Waals surface area contributed by atoms with Crippen LogP contribution >= 0.6 is 11.6 Å². The lowest BCUT2D eigenvalue weighted by Crippen LogP contribution is -2.50. The standard InChI is InChI=1S/C28H31ClN4O5/c1-36-24-9-8-20(17-25(24)37-2)10-12-31-28(35)23-7-4-11-30-27(23)33-15-13-32(14-16-33)26(34)19-38-22-6-3-5-21(29)18-22/h3-9,11,17-18H,10,12-16,19H2,1-2H3,(H,31,35). The molecule has 2 aromatic carbocycles. The molecule has 4 rings (SSSR count). The smallest absolute Gasteiger partial charge is 0.260 e. The summed E-state index contributed by atoms with van der Waals surface area (Å²) in [6.07, 6.45) is 2.31. The van der Waals surface area contributed by atoms with Crippen LogP contribution in [0.4, 0.5) is 5.82 Å². The van der Waals surface area contributed by atoms with Crippen molar-refractivity contribution in [2.75, 3.05) is 58.5 Å². The molecule has 2 amide bonds. The van der Waals surface area contributed by atoms with Gasteiger partial charge in [0.2, 0.25) is 0 Å². The molecule has 10 heteroatoms. The number of aromatic nitrogens is 1. The SMILES string of the molecule is COc1ccc(CCNC(=O)c2cccnc2N2CCN(C(=O)COc3cccc(Cl)c3)CC2)cc1OC. The van der Waals surface area contributed by atoms with E-state index >= 15 is 0 Å². The van der Waals surface area contributed by atoms with Gasteiger partial charge in [0.15, 0.2) is 18.1 Å². The second-order valence-corrected chi connectivity index (χ2v) is 9.12. The molecular formula is C28H31ClN4O5. The van der Waals surface area contributed by atoms with Crippen molar-refractivity contribution >= 4 is 29.2 Å². The van der Waals surface area contributed by atoms with Crippen LogP contribution in [0.2, 0.25) is 5.02 Å². The number of nitrogens with one attached hydrogen (secondary N) is 1. The average Bonchev–Trinajstić information content (AvgIpc) is 2.96. The predicted octanol–water partition coefficient (Wildman–Crippen LogP) is 3.45. The number of hydrogen-bond donors (Lipinski definition) is 1. The molecule has 2 heterocycles. The Morgan fingerprint density at radius 3 is 2.50 bits per heavy atom. The highest BCUT2D eigenvalue weighted by Gasteiger charge is 2.25. The number of halogens is 1. The number of anilines is 1. The molecule has 1 aliphatic rings. The second-order valence-electron chi connectivity index (χ2n) is 8.68. The van der Waals surface area contributed by atoms with E-state index in [0.717, 1.165) is 5.56 Å². The van der Waals surface area contributed by atoms with Crippen LogP contribution in [0.15, 0.2) is 60.8 Å². The van der Waals surface area contributed by atoms with Gasteiger partial charge in [0.1, 0.15) is 11.6 Å². The first-order chi connectivity index (χ1) is 18.5. The summed E-state index contributed by atoms with van der Waals surface area (Å²) < 4.78 is 16.2. The molecule has 0 aliphatic carbocycles. The highest BCUT2D eigenvalue weighted by atomic mass is 35.5. The van der Waals surface area contributed by atoms with Crippen molar-refractivity contribution in [3.8, 4) is 17.2 Å². The molecule has 38 heavy (non-hydrogen) atoms. The molecule has 1 aromatic heterocycles. The number of nitrogens with zero attached hydrogens (tertiary/aromatic N) is 3. The summed E-state index contributed by atoms with van der Waals surface area (Å²) in [5, 5.41) is 3.54. The number of piperazine rings is 1. The summed E-state index contributed by atoms with van der Waals surface area (Å²) in [5.74, 6) is 2.19. The Labute approximate surface area is 227 Å². The van der Waals surface area contributed by atoms with Crippen molar-refractivity contribution in [2.24, 2.45) is 0 Å². The van der Waals surface area contributed by atoms with Gasteiger partial charge in [0.25, 0.3) is 11.8 Å². The fraction of sp³-hybridized carbons (Fsp3) is 0.321. The quantitative estimate of drug-likeness (QED) is 0.422. The Kier molecular flexibility index (Phi) is 9.26. The Morgan fingerprint density at radius 1 is 0.974 bits per heavy atom. The minimum absolute atomic E-state index is 0.0579. The number of amides is 2. The Hall–Kier alpha value is -3.98. The van der Waals surface area contributed by atoms with Gasteiger partial charge in [-0.05, 0) is 54.4 Å². The van der Waals surface area contributed by atoms with Crippen LogP contribution in [0.25, 0.3) is 0 Å². The third kappa shape index (κ3) is 6.86. The molecule has 9 nitrogen and oxygen atoms in total. The largest absolute Gasteiger partial charge is 0.493 e.